The summed E-state index contributed by atoms with van der Waals surface area (Å²) in [6.45, 7) is 2.98. The van der Waals surface area contributed by atoms with Crippen LogP contribution in [-0.2, 0) is 13.0 Å². The molecule has 1 unspecified atom stereocenters. The average molecular weight is 389 g/mol. The van der Waals surface area contributed by atoms with E-state index in [4.69, 9.17) is 5.84 Å². The van der Waals surface area contributed by atoms with E-state index >= 15 is 0 Å². The SMILES string of the molecule is CCn1ccnc1CC(NN)c1ncc(Br)cc1Br. The number of hydrogen-bond donors (Lipinski definition) is 2. The molecule has 0 aromatic carbocycles. The molecule has 3 N–H and O–H groups in total. The van der Waals surface area contributed by atoms with E-state index in [9.17, 15) is 0 Å². The van der Waals surface area contributed by atoms with Crippen molar-refractivity contribution in [1.82, 2.24) is 20.0 Å². The van der Waals surface area contributed by atoms with Crippen LogP contribution in [0.2, 0.25) is 0 Å². The van der Waals surface area contributed by atoms with Gasteiger partial charge in [0.05, 0.1) is 11.7 Å². The number of hydrogen-bond acceptors (Lipinski definition) is 4. The number of aromatic nitrogens is 3. The van der Waals surface area contributed by atoms with E-state index in [1.165, 1.54) is 0 Å². The summed E-state index contributed by atoms with van der Waals surface area (Å²) in [6, 6.07) is 1.87. The summed E-state index contributed by atoms with van der Waals surface area (Å²) in [5.74, 6) is 6.65. The molecule has 0 aliphatic carbocycles. The smallest absolute Gasteiger partial charge is 0.110 e. The van der Waals surface area contributed by atoms with Gasteiger partial charge in [0.1, 0.15) is 5.82 Å². The van der Waals surface area contributed by atoms with Crippen molar-refractivity contribution in [2.24, 2.45) is 5.84 Å². The van der Waals surface area contributed by atoms with Crippen molar-refractivity contribution in [2.45, 2.75) is 25.9 Å². The van der Waals surface area contributed by atoms with Crippen LogP contribution in [0.1, 0.15) is 24.5 Å². The second-order valence-corrected chi connectivity index (χ2v) is 5.84. The largest absolute Gasteiger partial charge is 0.335 e. The minimum absolute atomic E-state index is 0.0878. The first-order valence-corrected chi connectivity index (χ1v) is 7.51. The van der Waals surface area contributed by atoms with Crippen LogP contribution in [0.3, 0.4) is 0 Å². The molecule has 5 nitrogen and oxygen atoms in total. The summed E-state index contributed by atoms with van der Waals surface area (Å²) >= 11 is 6.90. The van der Waals surface area contributed by atoms with Gasteiger partial charge in [-0.15, -0.1) is 0 Å². The normalized spacial score (nSPS) is 12.6. The molecule has 0 spiro atoms. The summed E-state index contributed by atoms with van der Waals surface area (Å²) in [6.07, 6.45) is 6.21. The molecular formula is C12H15Br2N5. The van der Waals surface area contributed by atoms with E-state index < -0.39 is 0 Å². The third-order valence-electron chi connectivity index (χ3n) is 2.90. The van der Waals surface area contributed by atoms with Crippen LogP contribution in [0.15, 0.2) is 33.6 Å². The van der Waals surface area contributed by atoms with Gasteiger partial charge < -0.3 is 4.57 Å². The van der Waals surface area contributed by atoms with E-state index in [0.29, 0.717) is 6.42 Å². The molecule has 0 radical (unpaired) electrons. The van der Waals surface area contributed by atoms with Crippen LogP contribution >= 0.6 is 31.9 Å². The first kappa shape index (κ1) is 14.6. The molecule has 0 amide bonds. The van der Waals surface area contributed by atoms with E-state index in [1.807, 2.05) is 12.3 Å². The molecule has 2 aromatic heterocycles. The van der Waals surface area contributed by atoms with Gasteiger partial charge in [-0.2, -0.15) is 0 Å². The number of pyridine rings is 1. The zero-order valence-corrected chi connectivity index (χ0v) is 13.6. The molecule has 0 aliphatic rings. The van der Waals surface area contributed by atoms with Crippen molar-refractivity contribution in [2.75, 3.05) is 0 Å². The molecule has 7 heteroatoms. The Morgan fingerprint density at radius 2 is 2.21 bits per heavy atom. The molecule has 0 fully saturated rings. The Labute approximate surface area is 128 Å². The Morgan fingerprint density at radius 1 is 1.42 bits per heavy atom. The second kappa shape index (κ2) is 6.60. The lowest BCUT2D eigenvalue weighted by Crippen LogP contribution is -2.31. The fourth-order valence-electron chi connectivity index (χ4n) is 1.92. The number of rotatable bonds is 5. The van der Waals surface area contributed by atoms with Gasteiger partial charge in [0.15, 0.2) is 0 Å². The van der Waals surface area contributed by atoms with E-state index in [1.54, 1.807) is 12.4 Å². The first-order chi connectivity index (χ1) is 9.15. The number of nitrogens with zero attached hydrogens (tertiary/aromatic N) is 3. The third-order valence-corrected chi connectivity index (χ3v) is 3.97. The van der Waals surface area contributed by atoms with Crippen LogP contribution < -0.4 is 11.3 Å². The molecule has 2 heterocycles. The van der Waals surface area contributed by atoms with E-state index in [2.05, 4.69) is 58.7 Å². The van der Waals surface area contributed by atoms with Gasteiger partial charge >= 0.3 is 0 Å². The average Bonchev–Trinajstić information content (AvgIpc) is 2.84. The molecule has 0 saturated carbocycles. The molecule has 0 saturated heterocycles. The van der Waals surface area contributed by atoms with Gasteiger partial charge in [-0.3, -0.25) is 16.3 Å². The highest BCUT2D eigenvalue weighted by molar-refractivity contribution is 9.11. The summed E-state index contributed by atoms with van der Waals surface area (Å²) in [4.78, 5) is 8.77. The molecule has 102 valence electrons. The van der Waals surface area contributed by atoms with Crippen molar-refractivity contribution in [3.05, 3.63) is 45.1 Å². The maximum atomic E-state index is 5.66. The van der Waals surface area contributed by atoms with E-state index in [-0.39, 0.29) is 6.04 Å². The highest BCUT2D eigenvalue weighted by Crippen LogP contribution is 2.26. The first-order valence-electron chi connectivity index (χ1n) is 5.92. The van der Waals surface area contributed by atoms with Gasteiger partial charge in [-0.05, 0) is 44.8 Å². The minimum atomic E-state index is -0.0878. The Balaban J connectivity index is 2.25. The second-order valence-electron chi connectivity index (χ2n) is 4.07. The molecule has 2 aromatic rings. The van der Waals surface area contributed by atoms with Gasteiger partial charge in [0, 0.05) is 40.5 Å². The van der Waals surface area contributed by atoms with Gasteiger partial charge in [-0.25, -0.2) is 4.98 Å². The summed E-state index contributed by atoms with van der Waals surface area (Å²) in [5.41, 5.74) is 3.68. The molecule has 2 rings (SSSR count). The van der Waals surface area contributed by atoms with Crippen molar-refractivity contribution < 1.29 is 0 Å². The van der Waals surface area contributed by atoms with Crippen LogP contribution in [0.25, 0.3) is 0 Å². The maximum Gasteiger partial charge on any atom is 0.110 e. The Hall–Kier alpha value is -0.760. The Morgan fingerprint density at radius 3 is 2.84 bits per heavy atom. The summed E-state index contributed by atoms with van der Waals surface area (Å²) < 4.78 is 3.94. The number of nitrogens with two attached hydrogens (primary N) is 1. The lowest BCUT2D eigenvalue weighted by atomic mass is 10.1. The maximum absolute atomic E-state index is 5.66. The number of nitrogens with one attached hydrogen (secondary N) is 1. The third kappa shape index (κ3) is 3.42. The standard InChI is InChI=1S/C12H15Br2N5/c1-2-19-4-3-16-11(19)6-10(18-15)12-9(14)5-8(13)7-17-12/h3-5,7,10,18H,2,6,15H2,1H3. The van der Waals surface area contributed by atoms with Crippen LogP contribution in [0.4, 0.5) is 0 Å². The number of hydrazine groups is 1. The molecular weight excluding hydrogens is 374 g/mol. The lowest BCUT2D eigenvalue weighted by molar-refractivity contribution is 0.510. The minimum Gasteiger partial charge on any atom is -0.335 e. The molecule has 1 atom stereocenters. The molecule has 0 bridgehead atoms. The van der Waals surface area contributed by atoms with Crippen molar-refractivity contribution in [3.8, 4) is 0 Å². The predicted molar refractivity (Wildman–Crippen MR) is 81.3 cm³/mol. The fraction of sp³-hybridized carbons (Fsp3) is 0.333. The van der Waals surface area contributed by atoms with Crippen molar-refractivity contribution in [1.29, 1.82) is 0 Å². The molecule has 19 heavy (non-hydrogen) atoms. The van der Waals surface area contributed by atoms with E-state index in [0.717, 1.165) is 27.0 Å². The lowest BCUT2D eigenvalue weighted by Gasteiger charge is -2.17. The van der Waals surface area contributed by atoms with Crippen LogP contribution in [0.5, 0.6) is 0 Å². The van der Waals surface area contributed by atoms with Gasteiger partial charge in [0.2, 0.25) is 0 Å². The van der Waals surface area contributed by atoms with Gasteiger partial charge in [0.25, 0.3) is 0 Å². The van der Waals surface area contributed by atoms with Crippen LogP contribution in [0, 0.1) is 0 Å². The number of halogens is 2. The number of aryl methyl sites for hydroxylation is 1. The zero-order valence-electron chi connectivity index (χ0n) is 10.5. The summed E-state index contributed by atoms with van der Waals surface area (Å²) in [5, 5.41) is 0. The summed E-state index contributed by atoms with van der Waals surface area (Å²) in [7, 11) is 0. The molecule has 0 aliphatic heterocycles. The van der Waals surface area contributed by atoms with Crippen molar-refractivity contribution >= 4 is 31.9 Å². The number of imidazole rings is 1. The zero-order chi connectivity index (χ0) is 13.8. The fourth-order valence-corrected chi connectivity index (χ4v) is 3.18. The Kier molecular flexibility index (Phi) is 5.09. The Bertz CT molecular complexity index is 555. The van der Waals surface area contributed by atoms with Gasteiger partial charge in [-0.1, -0.05) is 0 Å². The highest BCUT2D eigenvalue weighted by atomic mass is 79.9. The quantitative estimate of drug-likeness (QED) is 0.610. The highest BCUT2D eigenvalue weighted by Gasteiger charge is 2.18. The van der Waals surface area contributed by atoms with Crippen LogP contribution in [-0.4, -0.2) is 14.5 Å². The topological polar surface area (TPSA) is 68.8 Å². The van der Waals surface area contributed by atoms with Crippen molar-refractivity contribution in [3.63, 3.8) is 0 Å². The predicted octanol–water partition coefficient (Wildman–Crippen LogP) is 2.57. The monoisotopic (exact) mass is 387 g/mol.